The van der Waals surface area contributed by atoms with Crippen LogP contribution in [0, 0.1) is 25.5 Å². The standard InChI is InChI=1S/C19H22F2N2O2S/c1-14-6-7-18(15(2)12-14)26(24,25)23-10-8-22(9-11-23)13-16-4-3-5-17(20)19(16)21/h3-7,12H,8-11,13H2,1-2H3. The van der Waals surface area contributed by atoms with Crippen LogP contribution in [0.1, 0.15) is 16.7 Å². The summed E-state index contributed by atoms with van der Waals surface area (Å²) < 4.78 is 54.4. The van der Waals surface area contributed by atoms with Crippen molar-refractivity contribution in [2.75, 3.05) is 26.2 Å². The lowest BCUT2D eigenvalue weighted by atomic mass is 10.2. The highest BCUT2D eigenvalue weighted by atomic mass is 32.2. The normalized spacial score (nSPS) is 16.8. The summed E-state index contributed by atoms with van der Waals surface area (Å²) in [7, 11) is -3.55. The van der Waals surface area contributed by atoms with E-state index >= 15 is 0 Å². The third kappa shape index (κ3) is 3.79. The molecule has 1 heterocycles. The lowest BCUT2D eigenvalue weighted by Gasteiger charge is -2.34. The second kappa shape index (κ2) is 7.42. The zero-order chi connectivity index (χ0) is 18.9. The summed E-state index contributed by atoms with van der Waals surface area (Å²) >= 11 is 0. The molecule has 0 bridgehead atoms. The first-order valence-electron chi connectivity index (χ1n) is 8.51. The van der Waals surface area contributed by atoms with Gasteiger partial charge in [-0.3, -0.25) is 4.90 Å². The number of rotatable bonds is 4. The van der Waals surface area contributed by atoms with E-state index in [1.807, 2.05) is 17.9 Å². The number of nitrogens with zero attached hydrogens (tertiary/aromatic N) is 2. The van der Waals surface area contributed by atoms with E-state index < -0.39 is 21.7 Å². The average Bonchev–Trinajstić information content (AvgIpc) is 2.59. The molecule has 0 spiro atoms. The van der Waals surface area contributed by atoms with Crippen LogP contribution in [0.3, 0.4) is 0 Å². The monoisotopic (exact) mass is 380 g/mol. The van der Waals surface area contributed by atoms with E-state index in [-0.39, 0.29) is 12.1 Å². The first-order valence-corrected chi connectivity index (χ1v) is 9.95. The summed E-state index contributed by atoms with van der Waals surface area (Å²) in [4.78, 5) is 2.26. The lowest BCUT2D eigenvalue weighted by molar-refractivity contribution is 0.179. The second-order valence-corrected chi connectivity index (χ2v) is 8.57. The number of hydrogen-bond donors (Lipinski definition) is 0. The lowest BCUT2D eigenvalue weighted by Crippen LogP contribution is -2.48. The number of aryl methyl sites for hydroxylation is 2. The van der Waals surface area contributed by atoms with Crippen molar-refractivity contribution in [2.45, 2.75) is 25.3 Å². The summed E-state index contributed by atoms with van der Waals surface area (Å²) in [5.41, 5.74) is 2.04. The Balaban J connectivity index is 1.69. The molecule has 140 valence electrons. The van der Waals surface area contributed by atoms with Gasteiger partial charge < -0.3 is 0 Å². The van der Waals surface area contributed by atoms with Crippen molar-refractivity contribution >= 4 is 10.0 Å². The molecule has 7 heteroatoms. The van der Waals surface area contributed by atoms with Crippen molar-refractivity contribution in [1.82, 2.24) is 9.21 Å². The van der Waals surface area contributed by atoms with Gasteiger partial charge in [-0.1, -0.05) is 29.8 Å². The molecule has 3 rings (SSSR count). The number of sulfonamides is 1. The van der Waals surface area contributed by atoms with Gasteiger partial charge >= 0.3 is 0 Å². The highest BCUT2D eigenvalue weighted by Gasteiger charge is 2.29. The molecule has 4 nitrogen and oxygen atoms in total. The topological polar surface area (TPSA) is 40.6 Å². The zero-order valence-corrected chi connectivity index (χ0v) is 15.7. The maximum absolute atomic E-state index is 13.8. The molecule has 2 aromatic rings. The molecule has 1 fully saturated rings. The van der Waals surface area contributed by atoms with Crippen LogP contribution in [-0.4, -0.2) is 43.8 Å². The van der Waals surface area contributed by atoms with Gasteiger partial charge in [0.1, 0.15) is 0 Å². The Morgan fingerprint density at radius 3 is 2.35 bits per heavy atom. The molecule has 1 saturated heterocycles. The van der Waals surface area contributed by atoms with Gasteiger partial charge in [0.2, 0.25) is 10.0 Å². The summed E-state index contributed by atoms with van der Waals surface area (Å²) in [6.07, 6.45) is 0. The molecule has 0 saturated carbocycles. The molecule has 1 aliphatic rings. The molecule has 0 amide bonds. The van der Waals surface area contributed by atoms with E-state index in [9.17, 15) is 17.2 Å². The average molecular weight is 380 g/mol. The van der Waals surface area contributed by atoms with Gasteiger partial charge in [-0.15, -0.1) is 0 Å². The van der Waals surface area contributed by atoms with Crippen LogP contribution in [0.15, 0.2) is 41.3 Å². The van der Waals surface area contributed by atoms with Crippen LogP contribution in [-0.2, 0) is 16.6 Å². The van der Waals surface area contributed by atoms with E-state index in [0.717, 1.165) is 17.2 Å². The Morgan fingerprint density at radius 1 is 1.00 bits per heavy atom. The van der Waals surface area contributed by atoms with Gasteiger partial charge in [-0.05, 0) is 31.5 Å². The molecule has 0 N–H and O–H groups in total. The summed E-state index contributed by atoms with van der Waals surface area (Å²) in [6.45, 7) is 5.58. The third-order valence-electron chi connectivity index (χ3n) is 4.71. The van der Waals surface area contributed by atoms with Crippen LogP contribution < -0.4 is 0 Å². The maximum Gasteiger partial charge on any atom is 0.243 e. The molecular weight excluding hydrogens is 358 g/mol. The van der Waals surface area contributed by atoms with Crippen LogP contribution in [0.5, 0.6) is 0 Å². The molecule has 0 unspecified atom stereocenters. The van der Waals surface area contributed by atoms with Gasteiger partial charge in [0.25, 0.3) is 0 Å². The molecule has 0 atom stereocenters. The van der Waals surface area contributed by atoms with Gasteiger partial charge in [-0.25, -0.2) is 17.2 Å². The van der Waals surface area contributed by atoms with Crippen molar-refractivity contribution in [3.63, 3.8) is 0 Å². The van der Waals surface area contributed by atoms with Crippen LogP contribution in [0.4, 0.5) is 8.78 Å². The number of piperazine rings is 1. The van der Waals surface area contributed by atoms with E-state index in [0.29, 0.717) is 31.1 Å². The molecular formula is C19H22F2N2O2S. The number of hydrogen-bond acceptors (Lipinski definition) is 3. The fraction of sp³-hybridized carbons (Fsp3) is 0.368. The quantitative estimate of drug-likeness (QED) is 0.819. The fourth-order valence-corrected chi connectivity index (χ4v) is 4.90. The van der Waals surface area contributed by atoms with Crippen molar-refractivity contribution in [2.24, 2.45) is 0 Å². The number of halogens is 2. The molecule has 0 radical (unpaired) electrons. The smallest absolute Gasteiger partial charge is 0.243 e. The Hall–Kier alpha value is -1.83. The largest absolute Gasteiger partial charge is 0.296 e. The van der Waals surface area contributed by atoms with E-state index in [4.69, 9.17) is 0 Å². The van der Waals surface area contributed by atoms with Gasteiger partial charge in [0, 0.05) is 38.3 Å². The van der Waals surface area contributed by atoms with Crippen molar-refractivity contribution < 1.29 is 17.2 Å². The Labute approximate surface area is 153 Å². The highest BCUT2D eigenvalue weighted by molar-refractivity contribution is 7.89. The van der Waals surface area contributed by atoms with E-state index in [2.05, 4.69) is 0 Å². The van der Waals surface area contributed by atoms with Crippen LogP contribution in [0.2, 0.25) is 0 Å². The molecule has 1 aliphatic heterocycles. The highest BCUT2D eigenvalue weighted by Crippen LogP contribution is 2.23. The predicted molar refractivity (Wildman–Crippen MR) is 96.3 cm³/mol. The summed E-state index contributed by atoms with van der Waals surface area (Å²) in [5, 5.41) is 0. The molecule has 2 aromatic carbocycles. The molecule has 26 heavy (non-hydrogen) atoms. The predicted octanol–water partition coefficient (Wildman–Crippen LogP) is 3.09. The second-order valence-electron chi connectivity index (χ2n) is 6.66. The Morgan fingerprint density at radius 2 is 1.69 bits per heavy atom. The SMILES string of the molecule is Cc1ccc(S(=O)(=O)N2CCN(Cc3cccc(F)c3F)CC2)c(C)c1. The molecule has 0 aliphatic carbocycles. The van der Waals surface area contributed by atoms with E-state index in [1.165, 1.54) is 10.4 Å². The van der Waals surface area contributed by atoms with Crippen LogP contribution >= 0.6 is 0 Å². The minimum Gasteiger partial charge on any atom is -0.296 e. The zero-order valence-electron chi connectivity index (χ0n) is 14.9. The van der Waals surface area contributed by atoms with Gasteiger partial charge in [0.05, 0.1) is 4.90 Å². The summed E-state index contributed by atoms with van der Waals surface area (Å²) in [5.74, 6) is -1.70. The third-order valence-corrected chi connectivity index (χ3v) is 6.76. The van der Waals surface area contributed by atoms with Crippen molar-refractivity contribution in [3.8, 4) is 0 Å². The molecule has 0 aromatic heterocycles. The fourth-order valence-electron chi connectivity index (χ4n) is 3.27. The van der Waals surface area contributed by atoms with Gasteiger partial charge in [-0.2, -0.15) is 4.31 Å². The first kappa shape index (κ1) is 18.9. The van der Waals surface area contributed by atoms with E-state index in [1.54, 1.807) is 25.1 Å². The van der Waals surface area contributed by atoms with Gasteiger partial charge in [0.15, 0.2) is 11.6 Å². The van der Waals surface area contributed by atoms with Crippen molar-refractivity contribution in [3.05, 3.63) is 64.7 Å². The van der Waals surface area contributed by atoms with Crippen LogP contribution in [0.25, 0.3) is 0 Å². The van der Waals surface area contributed by atoms with Crippen molar-refractivity contribution in [1.29, 1.82) is 0 Å². The maximum atomic E-state index is 13.8. The Bertz CT molecular complexity index is 908. The summed E-state index contributed by atoms with van der Waals surface area (Å²) in [6, 6.07) is 9.42. The number of benzene rings is 2. The minimum absolute atomic E-state index is 0.265. The first-order chi connectivity index (χ1) is 12.3. The minimum atomic E-state index is -3.55. The Kier molecular flexibility index (Phi) is 5.41.